The average Bonchev–Trinajstić information content (AvgIpc) is 2.80. The first-order valence-electron chi connectivity index (χ1n) is 11.1. The molecule has 8 heteroatoms. The summed E-state index contributed by atoms with van der Waals surface area (Å²) in [6.45, 7) is 4.81. The van der Waals surface area contributed by atoms with E-state index in [0.29, 0.717) is 35.8 Å². The van der Waals surface area contributed by atoms with Crippen LogP contribution in [-0.4, -0.2) is 37.6 Å². The second kappa shape index (κ2) is 10.7. The summed E-state index contributed by atoms with van der Waals surface area (Å²) in [5.41, 5.74) is 2.24. The van der Waals surface area contributed by atoms with Gasteiger partial charge in [0.05, 0.1) is 4.90 Å². The molecule has 0 unspecified atom stereocenters. The molecule has 172 valence electrons. The standard InChI is InChI=1S/C24H31N3O4S/c1-18(2)24(29)26-21-11-9-20(10-12-21)25-23(28)15-8-19-6-13-22(14-7-19)32(30,31)27-16-4-3-5-17-27/h6-7,9-14,18H,3-5,8,15-17H2,1-2H3,(H,25,28)(H,26,29). The molecule has 0 bridgehead atoms. The van der Waals surface area contributed by atoms with Gasteiger partial charge in [-0.15, -0.1) is 0 Å². The zero-order valence-electron chi connectivity index (χ0n) is 18.6. The van der Waals surface area contributed by atoms with Gasteiger partial charge in [0, 0.05) is 36.8 Å². The van der Waals surface area contributed by atoms with Gasteiger partial charge in [0.1, 0.15) is 0 Å². The van der Waals surface area contributed by atoms with Crippen molar-refractivity contribution >= 4 is 33.2 Å². The second-order valence-corrected chi connectivity index (χ2v) is 10.3. The summed E-state index contributed by atoms with van der Waals surface area (Å²) in [6, 6.07) is 13.8. The highest BCUT2D eigenvalue weighted by molar-refractivity contribution is 7.89. The van der Waals surface area contributed by atoms with Crippen molar-refractivity contribution < 1.29 is 18.0 Å². The Morgan fingerprint density at radius 3 is 2.00 bits per heavy atom. The lowest BCUT2D eigenvalue weighted by molar-refractivity contribution is -0.119. The van der Waals surface area contributed by atoms with Crippen molar-refractivity contribution in [3.8, 4) is 0 Å². The SMILES string of the molecule is CC(C)C(=O)Nc1ccc(NC(=O)CCc2ccc(S(=O)(=O)N3CCCCC3)cc2)cc1. The Balaban J connectivity index is 1.50. The van der Waals surface area contributed by atoms with Gasteiger partial charge in [0.2, 0.25) is 21.8 Å². The Morgan fingerprint density at radius 2 is 1.44 bits per heavy atom. The molecule has 0 radical (unpaired) electrons. The number of amides is 2. The number of benzene rings is 2. The molecule has 2 N–H and O–H groups in total. The van der Waals surface area contributed by atoms with E-state index in [1.165, 1.54) is 0 Å². The highest BCUT2D eigenvalue weighted by Crippen LogP contribution is 2.21. The number of nitrogens with one attached hydrogen (secondary N) is 2. The lowest BCUT2D eigenvalue weighted by Crippen LogP contribution is -2.35. The van der Waals surface area contributed by atoms with Gasteiger partial charge >= 0.3 is 0 Å². The van der Waals surface area contributed by atoms with Gasteiger partial charge in [-0.2, -0.15) is 4.31 Å². The van der Waals surface area contributed by atoms with Gasteiger partial charge < -0.3 is 10.6 Å². The van der Waals surface area contributed by atoms with Crippen LogP contribution in [0.5, 0.6) is 0 Å². The van der Waals surface area contributed by atoms with E-state index in [-0.39, 0.29) is 24.2 Å². The van der Waals surface area contributed by atoms with E-state index in [2.05, 4.69) is 10.6 Å². The molecule has 2 amide bonds. The summed E-state index contributed by atoms with van der Waals surface area (Å²) in [6.07, 6.45) is 3.68. The molecule has 0 atom stereocenters. The second-order valence-electron chi connectivity index (χ2n) is 8.38. The van der Waals surface area contributed by atoms with Crippen LogP contribution in [0.3, 0.4) is 0 Å². The number of carbonyl (C=O) groups excluding carboxylic acids is 2. The van der Waals surface area contributed by atoms with Crippen molar-refractivity contribution in [3.63, 3.8) is 0 Å². The van der Waals surface area contributed by atoms with Crippen LogP contribution in [0.15, 0.2) is 53.4 Å². The first-order chi connectivity index (χ1) is 15.3. The molecule has 1 heterocycles. The summed E-state index contributed by atoms with van der Waals surface area (Å²) < 4.78 is 27.0. The number of carbonyl (C=O) groups is 2. The van der Waals surface area contributed by atoms with Gasteiger partial charge in [-0.1, -0.05) is 32.4 Å². The molecule has 0 saturated carbocycles. The van der Waals surface area contributed by atoms with E-state index in [4.69, 9.17) is 0 Å². The molecule has 0 aliphatic carbocycles. The minimum atomic E-state index is -3.44. The zero-order chi connectivity index (χ0) is 23.1. The van der Waals surface area contributed by atoms with Crippen molar-refractivity contribution in [1.29, 1.82) is 0 Å². The molecule has 0 aromatic heterocycles. The van der Waals surface area contributed by atoms with Crippen LogP contribution in [0.4, 0.5) is 11.4 Å². The molecule has 1 aliphatic heterocycles. The molecule has 3 rings (SSSR count). The first-order valence-corrected chi connectivity index (χ1v) is 12.5. The lowest BCUT2D eigenvalue weighted by atomic mass is 10.1. The molecular weight excluding hydrogens is 426 g/mol. The molecule has 7 nitrogen and oxygen atoms in total. The van der Waals surface area contributed by atoms with Crippen molar-refractivity contribution in [2.24, 2.45) is 5.92 Å². The van der Waals surface area contributed by atoms with Crippen LogP contribution in [-0.2, 0) is 26.0 Å². The fourth-order valence-corrected chi connectivity index (χ4v) is 5.00. The molecule has 1 aliphatic rings. The van der Waals surface area contributed by atoms with Gasteiger partial charge in [0.25, 0.3) is 0 Å². The molecular formula is C24H31N3O4S. The lowest BCUT2D eigenvalue weighted by Gasteiger charge is -2.25. The Labute approximate surface area is 190 Å². The molecule has 1 saturated heterocycles. The molecule has 1 fully saturated rings. The number of anilines is 2. The molecule has 2 aromatic rings. The van der Waals surface area contributed by atoms with E-state index in [9.17, 15) is 18.0 Å². The number of rotatable bonds is 8. The largest absolute Gasteiger partial charge is 0.326 e. The molecule has 32 heavy (non-hydrogen) atoms. The van der Waals surface area contributed by atoms with Crippen LogP contribution >= 0.6 is 0 Å². The van der Waals surface area contributed by atoms with Crippen molar-refractivity contribution in [2.75, 3.05) is 23.7 Å². The first kappa shape index (κ1) is 23.9. The smallest absolute Gasteiger partial charge is 0.243 e. The van der Waals surface area contributed by atoms with Crippen molar-refractivity contribution in [1.82, 2.24) is 4.31 Å². The third-order valence-corrected chi connectivity index (χ3v) is 7.39. The topological polar surface area (TPSA) is 95.6 Å². The Bertz CT molecular complexity index is 1030. The maximum absolute atomic E-state index is 12.7. The number of nitrogens with zero attached hydrogens (tertiary/aromatic N) is 1. The average molecular weight is 458 g/mol. The van der Waals surface area contributed by atoms with Gasteiger partial charge in [-0.3, -0.25) is 9.59 Å². The van der Waals surface area contributed by atoms with Gasteiger partial charge in [-0.25, -0.2) is 8.42 Å². The predicted molar refractivity (Wildman–Crippen MR) is 126 cm³/mol. The minimum absolute atomic E-state index is 0.0588. The summed E-state index contributed by atoms with van der Waals surface area (Å²) in [5, 5.41) is 5.65. The minimum Gasteiger partial charge on any atom is -0.326 e. The summed E-state index contributed by atoms with van der Waals surface area (Å²) in [5.74, 6) is -0.293. The monoisotopic (exact) mass is 457 g/mol. The normalized spacial score (nSPS) is 14.8. The van der Waals surface area contributed by atoms with E-state index < -0.39 is 10.0 Å². The zero-order valence-corrected chi connectivity index (χ0v) is 19.5. The summed E-state index contributed by atoms with van der Waals surface area (Å²) >= 11 is 0. The van der Waals surface area contributed by atoms with Crippen LogP contribution in [0, 0.1) is 5.92 Å². The highest BCUT2D eigenvalue weighted by atomic mass is 32.2. The van der Waals surface area contributed by atoms with Gasteiger partial charge in [-0.05, 0) is 61.2 Å². The van der Waals surface area contributed by atoms with E-state index >= 15 is 0 Å². The summed E-state index contributed by atoms with van der Waals surface area (Å²) in [7, 11) is -3.44. The Kier molecular flexibility index (Phi) is 8.04. The Morgan fingerprint density at radius 1 is 0.875 bits per heavy atom. The van der Waals surface area contributed by atoms with Crippen LogP contribution in [0.1, 0.15) is 45.1 Å². The number of aryl methyl sites for hydroxylation is 1. The van der Waals surface area contributed by atoms with Crippen molar-refractivity contribution in [3.05, 3.63) is 54.1 Å². The number of hydrogen-bond donors (Lipinski definition) is 2. The van der Waals surface area contributed by atoms with Gasteiger partial charge in [0.15, 0.2) is 0 Å². The quantitative estimate of drug-likeness (QED) is 0.626. The van der Waals surface area contributed by atoms with E-state index in [1.54, 1.807) is 52.8 Å². The third kappa shape index (κ3) is 6.40. The fourth-order valence-electron chi connectivity index (χ4n) is 3.49. The maximum Gasteiger partial charge on any atom is 0.243 e. The van der Waals surface area contributed by atoms with Crippen LogP contribution in [0.25, 0.3) is 0 Å². The fraction of sp³-hybridized carbons (Fsp3) is 0.417. The number of sulfonamides is 1. The molecule has 0 spiro atoms. The number of hydrogen-bond acceptors (Lipinski definition) is 4. The van der Waals surface area contributed by atoms with E-state index in [1.807, 2.05) is 13.8 Å². The van der Waals surface area contributed by atoms with Crippen LogP contribution < -0.4 is 10.6 Å². The third-order valence-electron chi connectivity index (χ3n) is 5.48. The highest BCUT2D eigenvalue weighted by Gasteiger charge is 2.25. The molecule has 2 aromatic carbocycles. The van der Waals surface area contributed by atoms with Crippen molar-refractivity contribution in [2.45, 2.75) is 50.8 Å². The number of piperidine rings is 1. The Hall–Kier alpha value is -2.71. The van der Waals surface area contributed by atoms with E-state index in [0.717, 1.165) is 24.8 Å². The van der Waals surface area contributed by atoms with Crippen LogP contribution in [0.2, 0.25) is 0 Å². The predicted octanol–water partition coefficient (Wildman–Crippen LogP) is 4.03. The summed E-state index contributed by atoms with van der Waals surface area (Å²) in [4.78, 5) is 24.3. The maximum atomic E-state index is 12.7.